The Balaban J connectivity index is 0.00000210. The Labute approximate surface area is 173 Å². The average molecular weight is 410 g/mol. The molecule has 6 heteroatoms. The van der Waals surface area contributed by atoms with Crippen LogP contribution in [0.15, 0.2) is 28.8 Å². The lowest BCUT2D eigenvalue weighted by molar-refractivity contribution is 0.130. The van der Waals surface area contributed by atoms with Gasteiger partial charge in [0.15, 0.2) is 5.82 Å². The van der Waals surface area contributed by atoms with Crippen LogP contribution in [-0.4, -0.2) is 34.2 Å². The first-order chi connectivity index (χ1) is 12.8. The van der Waals surface area contributed by atoms with Gasteiger partial charge in [0.1, 0.15) is 0 Å². The fourth-order valence-electron chi connectivity index (χ4n) is 4.49. The molecule has 1 aliphatic heterocycles. The molecule has 1 saturated carbocycles. The van der Waals surface area contributed by atoms with Crippen molar-refractivity contribution in [2.24, 2.45) is 5.92 Å². The van der Waals surface area contributed by atoms with Crippen molar-refractivity contribution in [2.45, 2.75) is 63.8 Å². The van der Waals surface area contributed by atoms with Crippen LogP contribution in [-0.2, 0) is 6.42 Å². The SMILES string of the molecule is Cl.Clc1ccc(-c2nc(CCCC3CCN(C4CCCC4)CC3)no2)cc1. The third kappa shape index (κ3) is 5.46. The van der Waals surface area contributed by atoms with Gasteiger partial charge in [-0.2, -0.15) is 4.98 Å². The zero-order valence-electron chi connectivity index (χ0n) is 15.8. The van der Waals surface area contributed by atoms with Crippen LogP contribution in [0.4, 0.5) is 0 Å². The molecule has 1 aromatic heterocycles. The summed E-state index contributed by atoms with van der Waals surface area (Å²) in [6.07, 6.45) is 11.8. The predicted molar refractivity (Wildman–Crippen MR) is 111 cm³/mol. The molecule has 2 heterocycles. The van der Waals surface area contributed by atoms with Crippen molar-refractivity contribution >= 4 is 24.0 Å². The topological polar surface area (TPSA) is 42.2 Å². The van der Waals surface area contributed by atoms with Crippen molar-refractivity contribution in [3.63, 3.8) is 0 Å². The van der Waals surface area contributed by atoms with Gasteiger partial charge in [0.05, 0.1) is 0 Å². The molecule has 0 spiro atoms. The van der Waals surface area contributed by atoms with Crippen LogP contribution in [0.25, 0.3) is 11.5 Å². The highest BCUT2D eigenvalue weighted by molar-refractivity contribution is 6.30. The molecule has 0 unspecified atom stereocenters. The second kappa shape index (κ2) is 9.90. The van der Waals surface area contributed by atoms with Gasteiger partial charge in [0, 0.05) is 23.0 Å². The second-order valence-corrected chi connectivity index (χ2v) is 8.27. The van der Waals surface area contributed by atoms with Crippen molar-refractivity contribution in [1.82, 2.24) is 15.0 Å². The smallest absolute Gasteiger partial charge is 0.257 e. The summed E-state index contributed by atoms with van der Waals surface area (Å²) >= 11 is 5.92. The van der Waals surface area contributed by atoms with E-state index in [1.807, 2.05) is 24.3 Å². The van der Waals surface area contributed by atoms with Gasteiger partial charge in [0.2, 0.25) is 0 Å². The van der Waals surface area contributed by atoms with Crippen molar-refractivity contribution in [2.75, 3.05) is 13.1 Å². The van der Waals surface area contributed by atoms with Crippen LogP contribution < -0.4 is 0 Å². The third-order valence-corrected chi connectivity index (χ3v) is 6.31. The summed E-state index contributed by atoms with van der Waals surface area (Å²) in [4.78, 5) is 7.28. The number of hydrogen-bond acceptors (Lipinski definition) is 4. The van der Waals surface area contributed by atoms with Gasteiger partial charge in [-0.15, -0.1) is 12.4 Å². The summed E-state index contributed by atoms with van der Waals surface area (Å²) in [7, 11) is 0. The summed E-state index contributed by atoms with van der Waals surface area (Å²) in [5.74, 6) is 2.27. The lowest BCUT2D eigenvalue weighted by atomic mass is 9.90. The summed E-state index contributed by atoms with van der Waals surface area (Å²) in [6.45, 7) is 2.61. The fourth-order valence-corrected chi connectivity index (χ4v) is 4.62. The molecule has 4 nitrogen and oxygen atoms in total. The van der Waals surface area contributed by atoms with E-state index in [1.165, 1.54) is 58.0 Å². The number of aryl methyl sites for hydroxylation is 1. The number of benzene rings is 1. The van der Waals surface area contributed by atoms with E-state index in [-0.39, 0.29) is 12.4 Å². The number of likely N-dealkylation sites (tertiary alicyclic amines) is 1. The molecule has 0 radical (unpaired) electrons. The maximum absolute atomic E-state index is 5.92. The number of halogens is 2. The first-order valence-corrected chi connectivity index (χ1v) is 10.5. The van der Waals surface area contributed by atoms with Crippen LogP contribution in [0.2, 0.25) is 5.02 Å². The molecule has 2 aromatic rings. The number of aromatic nitrogens is 2. The minimum Gasteiger partial charge on any atom is -0.334 e. The monoisotopic (exact) mass is 409 g/mol. The fraction of sp³-hybridized carbons (Fsp3) is 0.619. The largest absolute Gasteiger partial charge is 0.334 e. The molecule has 0 atom stereocenters. The molecular weight excluding hydrogens is 381 g/mol. The molecule has 0 amide bonds. The third-order valence-electron chi connectivity index (χ3n) is 6.06. The average Bonchev–Trinajstić information content (AvgIpc) is 3.35. The molecular formula is C21H29Cl2N3O. The van der Waals surface area contributed by atoms with Gasteiger partial charge < -0.3 is 9.42 Å². The number of rotatable bonds is 6. The highest BCUT2D eigenvalue weighted by atomic mass is 35.5. The Kier molecular flexibility index (Phi) is 7.57. The number of nitrogens with zero attached hydrogens (tertiary/aromatic N) is 3. The van der Waals surface area contributed by atoms with Gasteiger partial charge in [-0.1, -0.05) is 29.6 Å². The standard InChI is InChI=1S/C21H28ClN3O.ClH/c22-18-10-8-17(9-11-18)21-23-20(24-26-21)7-3-4-16-12-14-25(15-13-16)19-5-1-2-6-19;/h8-11,16,19H,1-7,12-15H2;1H. The Morgan fingerprint density at radius 1 is 1.04 bits per heavy atom. The number of hydrogen-bond donors (Lipinski definition) is 0. The van der Waals surface area contributed by atoms with Crippen molar-refractivity contribution in [1.29, 1.82) is 0 Å². The van der Waals surface area contributed by atoms with Gasteiger partial charge in [-0.25, -0.2) is 0 Å². The predicted octanol–water partition coefficient (Wildman–Crippen LogP) is 5.79. The molecule has 1 aliphatic carbocycles. The molecule has 1 saturated heterocycles. The molecule has 4 rings (SSSR count). The van der Waals surface area contributed by atoms with Crippen LogP contribution >= 0.6 is 24.0 Å². The number of piperidine rings is 1. The van der Waals surface area contributed by atoms with Gasteiger partial charge >= 0.3 is 0 Å². The van der Waals surface area contributed by atoms with E-state index in [0.717, 1.165) is 36.2 Å². The zero-order valence-corrected chi connectivity index (χ0v) is 17.4. The van der Waals surface area contributed by atoms with Crippen LogP contribution in [0.3, 0.4) is 0 Å². The van der Waals surface area contributed by atoms with Crippen LogP contribution in [0.5, 0.6) is 0 Å². The molecule has 27 heavy (non-hydrogen) atoms. The van der Waals surface area contributed by atoms with E-state index in [0.29, 0.717) is 10.9 Å². The Hall–Kier alpha value is -1.10. The molecule has 148 valence electrons. The summed E-state index contributed by atoms with van der Waals surface area (Å²) < 4.78 is 5.39. The highest BCUT2D eigenvalue weighted by Crippen LogP contribution is 2.29. The molecule has 1 aromatic carbocycles. The van der Waals surface area contributed by atoms with Crippen LogP contribution in [0, 0.1) is 5.92 Å². The molecule has 0 N–H and O–H groups in total. The Bertz CT molecular complexity index is 690. The zero-order chi connectivity index (χ0) is 17.8. The lowest BCUT2D eigenvalue weighted by Crippen LogP contribution is -2.40. The molecule has 0 bridgehead atoms. The van der Waals surface area contributed by atoms with Gasteiger partial charge in [0.25, 0.3) is 5.89 Å². The maximum atomic E-state index is 5.92. The lowest BCUT2D eigenvalue weighted by Gasteiger charge is -2.36. The van der Waals surface area contributed by atoms with Crippen molar-refractivity contribution in [3.05, 3.63) is 35.1 Å². The normalized spacial score (nSPS) is 19.3. The Morgan fingerprint density at radius 3 is 2.44 bits per heavy atom. The van der Waals surface area contributed by atoms with Crippen molar-refractivity contribution in [3.8, 4) is 11.5 Å². The van der Waals surface area contributed by atoms with E-state index in [2.05, 4.69) is 15.0 Å². The second-order valence-electron chi connectivity index (χ2n) is 7.83. The minimum absolute atomic E-state index is 0. The molecule has 2 aliphatic rings. The Morgan fingerprint density at radius 2 is 1.74 bits per heavy atom. The van der Waals surface area contributed by atoms with E-state index in [1.54, 1.807) is 0 Å². The highest BCUT2D eigenvalue weighted by Gasteiger charge is 2.26. The van der Waals surface area contributed by atoms with Gasteiger partial charge in [-0.05, 0) is 81.8 Å². The first-order valence-electron chi connectivity index (χ1n) is 10.1. The van der Waals surface area contributed by atoms with Gasteiger partial charge in [-0.3, -0.25) is 0 Å². The van der Waals surface area contributed by atoms with E-state index in [4.69, 9.17) is 16.1 Å². The van der Waals surface area contributed by atoms with Crippen LogP contribution in [0.1, 0.15) is 57.2 Å². The quantitative estimate of drug-likeness (QED) is 0.605. The van der Waals surface area contributed by atoms with E-state index in [9.17, 15) is 0 Å². The van der Waals surface area contributed by atoms with E-state index >= 15 is 0 Å². The van der Waals surface area contributed by atoms with E-state index < -0.39 is 0 Å². The molecule has 2 fully saturated rings. The maximum Gasteiger partial charge on any atom is 0.257 e. The van der Waals surface area contributed by atoms with Crippen molar-refractivity contribution < 1.29 is 4.52 Å². The summed E-state index contributed by atoms with van der Waals surface area (Å²) in [5, 5.41) is 4.85. The minimum atomic E-state index is 0. The summed E-state index contributed by atoms with van der Waals surface area (Å²) in [6, 6.07) is 8.41. The first kappa shape index (κ1) is 20.6. The summed E-state index contributed by atoms with van der Waals surface area (Å²) in [5.41, 5.74) is 0.924.